The number of hydrogen-bond donors (Lipinski definition) is 3. The van der Waals surface area contributed by atoms with Crippen molar-refractivity contribution in [3.05, 3.63) is 29.8 Å². The zero-order valence-corrected chi connectivity index (χ0v) is 11.2. The molecule has 108 valence electrons. The Labute approximate surface area is 118 Å². The first kappa shape index (κ1) is 14.8. The standard InChI is InChI=1S/C15H19NO4/c17-8-1-2-12-3-5-13(6-4-12)20-9-7-16-10-14(18)15(19)11-16/h3-6,14-15,17-19H,7-11H2. The second kappa shape index (κ2) is 7.27. The normalized spacial score (nSPS) is 22.4. The van der Waals surface area contributed by atoms with Crippen LogP contribution in [0.4, 0.5) is 0 Å². The van der Waals surface area contributed by atoms with Gasteiger partial charge in [-0.05, 0) is 24.3 Å². The van der Waals surface area contributed by atoms with Crippen LogP contribution in [0.1, 0.15) is 5.56 Å². The maximum absolute atomic E-state index is 9.42. The lowest BCUT2D eigenvalue weighted by Crippen LogP contribution is -2.27. The van der Waals surface area contributed by atoms with Gasteiger partial charge in [-0.1, -0.05) is 11.8 Å². The van der Waals surface area contributed by atoms with Crippen molar-refractivity contribution in [1.29, 1.82) is 0 Å². The Hall–Kier alpha value is -1.58. The van der Waals surface area contributed by atoms with Gasteiger partial charge in [-0.3, -0.25) is 4.90 Å². The number of hydrogen-bond acceptors (Lipinski definition) is 5. The van der Waals surface area contributed by atoms with E-state index in [2.05, 4.69) is 11.8 Å². The van der Waals surface area contributed by atoms with Crippen LogP contribution in [0.5, 0.6) is 5.75 Å². The number of nitrogens with zero attached hydrogens (tertiary/aromatic N) is 1. The summed E-state index contributed by atoms with van der Waals surface area (Å²) in [5.74, 6) is 6.15. The van der Waals surface area contributed by atoms with Crippen LogP contribution in [-0.4, -0.2) is 65.3 Å². The molecule has 1 aliphatic heterocycles. The van der Waals surface area contributed by atoms with E-state index in [0.717, 1.165) is 11.3 Å². The van der Waals surface area contributed by atoms with Gasteiger partial charge in [0.15, 0.2) is 0 Å². The Morgan fingerprint density at radius 3 is 2.40 bits per heavy atom. The number of β-amino-alcohol motifs (C(OH)–C–C–N with tert-alkyl or cyclic N) is 2. The Morgan fingerprint density at radius 2 is 1.80 bits per heavy atom. The molecule has 3 N–H and O–H groups in total. The minimum Gasteiger partial charge on any atom is -0.492 e. The van der Waals surface area contributed by atoms with Crippen LogP contribution in [0, 0.1) is 11.8 Å². The smallest absolute Gasteiger partial charge is 0.119 e. The van der Waals surface area contributed by atoms with Gasteiger partial charge in [0.2, 0.25) is 0 Å². The van der Waals surface area contributed by atoms with Crippen molar-refractivity contribution in [2.75, 3.05) is 32.8 Å². The molecule has 5 heteroatoms. The van der Waals surface area contributed by atoms with E-state index in [-0.39, 0.29) is 6.61 Å². The van der Waals surface area contributed by atoms with Crippen LogP contribution in [-0.2, 0) is 0 Å². The molecular formula is C15H19NO4. The zero-order valence-electron chi connectivity index (χ0n) is 11.2. The highest BCUT2D eigenvalue weighted by Crippen LogP contribution is 2.13. The van der Waals surface area contributed by atoms with Gasteiger partial charge in [0, 0.05) is 25.2 Å². The molecule has 1 saturated heterocycles. The summed E-state index contributed by atoms with van der Waals surface area (Å²) in [6, 6.07) is 7.33. The molecule has 2 atom stereocenters. The Bertz CT molecular complexity index is 467. The third-order valence-corrected chi connectivity index (χ3v) is 3.18. The molecule has 0 amide bonds. The van der Waals surface area contributed by atoms with Gasteiger partial charge >= 0.3 is 0 Å². The fraction of sp³-hybridized carbons (Fsp3) is 0.467. The topological polar surface area (TPSA) is 73.2 Å². The van der Waals surface area contributed by atoms with Crippen LogP contribution in [0.2, 0.25) is 0 Å². The van der Waals surface area contributed by atoms with E-state index >= 15 is 0 Å². The van der Waals surface area contributed by atoms with E-state index < -0.39 is 12.2 Å². The van der Waals surface area contributed by atoms with Crippen molar-refractivity contribution < 1.29 is 20.1 Å². The molecule has 0 aliphatic carbocycles. The summed E-state index contributed by atoms with van der Waals surface area (Å²) in [5.41, 5.74) is 0.831. The van der Waals surface area contributed by atoms with Crippen molar-refractivity contribution in [2.24, 2.45) is 0 Å². The molecule has 0 bridgehead atoms. The zero-order chi connectivity index (χ0) is 14.4. The van der Waals surface area contributed by atoms with Crippen LogP contribution in [0.25, 0.3) is 0 Å². The van der Waals surface area contributed by atoms with Gasteiger partial charge in [0.1, 0.15) is 19.0 Å². The number of aliphatic hydroxyl groups is 3. The van der Waals surface area contributed by atoms with E-state index in [1.807, 2.05) is 29.2 Å². The summed E-state index contributed by atoms with van der Waals surface area (Å²) in [6.07, 6.45) is -1.31. The minimum absolute atomic E-state index is 0.147. The van der Waals surface area contributed by atoms with Gasteiger partial charge in [-0.2, -0.15) is 0 Å². The van der Waals surface area contributed by atoms with Crippen molar-refractivity contribution in [3.8, 4) is 17.6 Å². The van der Waals surface area contributed by atoms with Gasteiger partial charge < -0.3 is 20.1 Å². The maximum Gasteiger partial charge on any atom is 0.119 e. The van der Waals surface area contributed by atoms with Crippen LogP contribution >= 0.6 is 0 Å². The molecule has 0 saturated carbocycles. The summed E-state index contributed by atoms with van der Waals surface area (Å²) >= 11 is 0. The first-order chi connectivity index (χ1) is 9.69. The van der Waals surface area contributed by atoms with E-state index in [0.29, 0.717) is 26.2 Å². The van der Waals surface area contributed by atoms with E-state index in [9.17, 15) is 10.2 Å². The lowest BCUT2D eigenvalue weighted by molar-refractivity contribution is 0.0572. The van der Waals surface area contributed by atoms with Crippen molar-refractivity contribution >= 4 is 0 Å². The minimum atomic E-state index is -0.653. The molecule has 2 unspecified atom stereocenters. The summed E-state index contributed by atoms with van der Waals surface area (Å²) < 4.78 is 5.60. The van der Waals surface area contributed by atoms with Crippen molar-refractivity contribution in [1.82, 2.24) is 4.90 Å². The SMILES string of the molecule is OCC#Cc1ccc(OCCN2CC(O)C(O)C2)cc1. The maximum atomic E-state index is 9.42. The number of aliphatic hydroxyl groups excluding tert-OH is 3. The van der Waals surface area contributed by atoms with Crippen LogP contribution in [0.3, 0.4) is 0 Å². The number of rotatable bonds is 4. The third-order valence-electron chi connectivity index (χ3n) is 3.18. The predicted molar refractivity (Wildman–Crippen MR) is 74.4 cm³/mol. The molecule has 20 heavy (non-hydrogen) atoms. The Balaban J connectivity index is 1.74. The highest BCUT2D eigenvalue weighted by Gasteiger charge is 2.28. The van der Waals surface area contributed by atoms with Gasteiger partial charge in [0.25, 0.3) is 0 Å². The molecule has 1 aromatic carbocycles. The summed E-state index contributed by atoms with van der Waals surface area (Å²) in [4.78, 5) is 1.97. The van der Waals surface area contributed by atoms with E-state index in [4.69, 9.17) is 9.84 Å². The first-order valence-electron chi connectivity index (χ1n) is 6.60. The molecule has 2 rings (SSSR count). The van der Waals surface area contributed by atoms with Gasteiger partial charge in [-0.25, -0.2) is 0 Å². The summed E-state index contributed by atoms with van der Waals surface area (Å²) in [7, 11) is 0. The molecule has 5 nitrogen and oxygen atoms in total. The molecule has 1 fully saturated rings. The number of benzene rings is 1. The molecule has 1 aromatic rings. The van der Waals surface area contributed by atoms with Gasteiger partial charge in [0.05, 0.1) is 12.2 Å². The van der Waals surface area contributed by atoms with Crippen molar-refractivity contribution in [2.45, 2.75) is 12.2 Å². The predicted octanol–water partition coefficient (Wildman–Crippen LogP) is -0.553. The number of ether oxygens (including phenoxy) is 1. The average Bonchev–Trinajstić information content (AvgIpc) is 2.77. The fourth-order valence-electron chi connectivity index (χ4n) is 2.10. The lowest BCUT2D eigenvalue weighted by atomic mass is 10.2. The highest BCUT2D eigenvalue weighted by atomic mass is 16.5. The second-order valence-electron chi connectivity index (χ2n) is 4.73. The third kappa shape index (κ3) is 4.22. The Morgan fingerprint density at radius 1 is 1.15 bits per heavy atom. The Kier molecular flexibility index (Phi) is 5.39. The van der Waals surface area contributed by atoms with Crippen LogP contribution in [0.15, 0.2) is 24.3 Å². The van der Waals surface area contributed by atoms with Crippen LogP contribution < -0.4 is 4.74 Å². The molecule has 0 radical (unpaired) electrons. The quantitative estimate of drug-likeness (QED) is 0.644. The molecule has 1 aliphatic rings. The lowest BCUT2D eigenvalue weighted by Gasteiger charge is -2.15. The average molecular weight is 277 g/mol. The van der Waals surface area contributed by atoms with E-state index in [1.165, 1.54) is 0 Å². The first-order valence-corrected chi connectivity index (χ1v) is 6.60. The van der Waals surface area contributed by atoms with E-state index in [1.54, 1.807) is 0 Å². The fourth-order valence-corrected chi connectivity index (χ4v) is 2.10. The summed E-state index contributed by atoms with van der Waals surface area (Å²) in [6.45, 7) is 1.99. The monoisotopic (exact) mass is 277 g/mol. The molecular weight excluding hydrogens is 258 g/mol. The summed E-state index contributed by atoms with van der Waals surface area (Å²) in [5, 5.41) is 27.4. The largest absolute Gasteiger partial charge is 0.492 e. The van der Waals surface area contributed by atoms with Gasteiger partial charge in [-0.15, -0.1) is 0 Å². The number of likely N-dealkylation sites (tertiary alicyclic amines) is 1. The second-order valence-corrected chi connectivity index (χ2v) is 4.73. The highest BCUT2D eigenvalue weighted by molar-refractivity contribution is 5.38. The molecule has 0 aromatic heterocycles. The molecule has 0 spiro atoms. The van der Waals surface area contributed by atoms with Crippen molar-refractivity contribution in [3.63, 3.8) is 0 Å². The molecule has 1 heterocycles.